The Morgan fingerprint density at radius 2 is 1.89 bits per heavy atom. The number of carbonyl (C=O) groups is 1. The van der Waals surface area contributed by atoms with Gasteiger partial charge in [0.25, 0.3) is 0 Å². The van der Waals surface area contributed by atoms with E-state index >= 15 is 0 Å². The van der Waals surface area contributed by atoms with E-state index in [0.717, 1.165) is 18.5 Å². The Morgan fingerprint density at radius 1 is 1.21 bits per heavy atom. The van der Waals surface area contributed by atoms with Gasteiger partial charge in [0.2, 0.25) is 0 Å². The average Bonchev–Trinajstić information content (AvgIpc) is 2.44. The minimum absolute atomic E-state index is 0.230. The van der Waals surface area contributed by atoms with Gasteiger partial charge in [-0.15, -0.1) is 0 Å². The lowest BCUT2D eigenvalue weighted by molar-refractivity contribution is -0.137. The van der Waals surface area contributed by atoms with E-state index in [-0.39, 0.29) is 5.78 Å². The molecule has 0 unspecified atom stereocenters. The fraction of sp³-hybridized carbons (Fsp3) is 0.938. The number of hydrogen-bond donors (Lipinski definition) is 0. The van der Waals surface area contributed by atoms with Crippen LogP contribution in [0.25, 0.3) is 0 Å². The van der Waals surface area contributed by atoms with E-state index in [1.54, 1.807) is 7.11 Å². The quantitative estimate of drug-likeness (QED) is 0.767. The summed E-state index contributed by atoms with van der Waals surface area (Å²) in [5, 5.41) is 0. The molecule has 2 fully saturated rings. The van der Waals surface area contributed by atoms with Crippen molar-refractivity contribution in [1.29, 1.82) is 0 Å². The van der Waals surface area contributed by atoms with Crippen molar-refractivity contribution in [3.05, 3.63) is 0 Å². The Kier molecular flexibility index (Phi) is 5.02. The number of rotatable bonds is 5. The van der Waals surface area contributed by atoms with Crippen LogP contribution in [0.15, 0.2) is 0 Å². The van der Waals surface area contributed by atoms with Crippen LogP contribution in [0.4, 0.5) is 0 Å². The van der Waals surface area contributed by atoms with Crippen molar-refractivity contribution in [3.8, 4) is 0 Å². The van der Waals surface area contributed by atoms with Gasteiger partial charge < -0.3 is 4.74 Å². The van der Waals surface area contributed by atoms with Crippen molar-refractivity contribution in [2.75, 3.05) is 20.2 Å². The van der Waals surface area contributed by atoms with Crippen LogP contribution >= 0.6 is 0 Å². The fourth-order valence-corrected chi connectivity index (χ4v) is 3.67. The summed E-state index contributed by atoms with van der Waals surface area (Å²) in [6.07, 6.45) is 8.86. The third kappa shape index (κ3) is 3.57. The molecular formula is C16H29NO2. The van der Waals surface area contributed by atoms with Crippen molar-refractivity contribution in [2.24, 2.45) is 5.92 Å². The number of piperidine rings is 1. The molecule has 3 heteroatoms. The van der Waals surface area contributed by atoms with Crippen LogP contribution in [-0.4, -0.2) is 42.5 Å². The fourth-order valence-electron chi connectivity index (χ4n) is 3.67. The standard InChI is InChI=1S/C16H29NO2/c1-16(2,19-3)15(18)10-12-17-11-6-8-13-7-4-5-9-14(13)17/h13-14H,4-12H2,1-3H3/t13-,14-/m1/s1. The topological polar surface area (TPSA) is 29.5 Å². The van der Waals surface area contributed by atoms with Gasteiger partial charge in [-0.3, -0.25) is 9.69 Å². The number of likely N-dealkylation sites (tertiary alicyclic amines) is 1. The zero-order valence-corrected chi connectivity index (χ0v) is 12.8. The van der Waals surface area contributed by atoms with Crippen LogP contribution in [0.5, 0.6) is 0 Å². The number of ether oxygens (including phenoxy) is 1. The van der Waals surface area contributed by atoms with Crippen LogP contribution in [-0.2, 0) is 9.53 Å². The Balaban J connectivity index is 1.86. The summed E-state index contributed by atoms with van der Waals surface area (Å²) in [5.41, 5.74) is -0.623. The molecule has 0 radical (unpaired) electrons. The minimum atomic E-state index is -0.623. The second kappa shape index (κ2) is 6.36. The Labute approximate surface area is 117 Å². The largest absolute Gasteiger partial charge is 0.371 e. The summed E-state index contributed by atoms with van der Waals surface area (Å²) < 4.78 is 5.28. The third-order valence-electron chi connectivity index (χ3n) is 5.17. The monoisotopic (exact) mass is 267 g/mol. The predicted molar refractivity (Wildman–Crippen MR) is 77.3 cm³/mol. The van der Waals surface area contributed by atoms with Gasteiger partial charge in [-0.1, -0.05) is 12.8 Å². The van der Waals surface area contributed by atoms with E-state index in [2.05, 4.69) is 4.90 Å². The number of carbonyl (C=O) groups excluding carboxylic acids is 1. The van der Waals surface area contributed by atoms with E-state index in [1.165, 1.54) is 45.1 Å². The van der Waals surface area contributed by atoms with Gasteiger partial charge in [-0.05, 0) is 52.0 Å². The molecule has 0 amide bonds. The molecule has 0 bridgehead atoms. The van der Waals surface area contributed by atoms with Crippen molar-refractivity contribution in [1.82, 2.24) is 4.90 Å². The lowest BCUT2D eigenvalue weighted by Gasteiger charge is -2.44. The van der Waals surface area contributed by atoms with Crippen LogP contribution in [0, 0.1) is 5.92 Å². The van der Waals surface area contributed by atoms with Crippen LogP contribution in [0.2, 0.25) is 0 Å². The second-order valence-corrected chi connectivity index (χ2v) is 6.68. The van der Waals surface area contributed by atoms with Gasteiger partial charge in [0.1, 0.15) is 5.60 Å². The molecule has 0 N–H and O–H groups in total. The normalized spacial score (nSPS) is 29.0. The molecule has 0 aromatic rings. The molecule has 1 saturated carbocycles. The first kappa shape index (κ1) is 15.0. The molecule has 0 aromatic carbocycles. The molecule has 3 nitrogen and oxygen atoms in total. The zero-order chi connectivity index (χ0) is 13.9. The molecule has 2 atom stereocenters. The zero-order valence-electron chi connectivity index (χ0n) is 12.8. The first-order chi connectivity index (χ1) is 9.04. The van der Waals surface area contributed by atoms with Gasteiger partial charge in [-0.2, -0.15) is 0 Å². The molecule has 2 rings (SSSR count). The number of Topliss-reactive ketones (excluding diaryl/α,β-unsaturated/α-hetero) is 1. The molecular weight excluding hydrogens is 238 g/mol. The van der Waals surface area contributed by atoms with Crippen LogP contribution in [0.3, 0.4) is 0 Å². The van der Waals surface area contributed by atoms with E-state index in [4.69, 9.17) is 4.74 Å². The SMILES string of the molecule is COC(C)(C)C(=O)CCN1CCC[C@H]2CCCC[C@H]21. The second-order valence-electron chi connectivity index (χ2n) is 6.68. The number of methoxy groups -OCH3 is 1. The first-order valence-electron chi connectivity index (χ1n) is 7.87. The van der Waals surface area contributed by atoms with Gasteiger partial charge in [0, 0.05) is 26.1 Å². The number of nitrogens with zero attached hydrogens (tertiary/aromatic N) is 1. The van der Waals surface area contributed by atoms with Crippen molar-refractivity contribution in [3.63, 3.8) is 0 Å². The Morgan fingerprint density at radius 3 is 2.63 bits per heavy atom. The highest BCUT2D eigenvalue weighted by atomic mass is 16.5. The summed E-state index contributed by atoms with van der Waals surface area (Å²) in [6, 6.07) is 0.751. The molecule has 0 aromatic heterocycles. The predicted octanol–water partition coefficient (Wildman–Crippen LogP) is 3.03. The molecule has 0 spiro atoms. The smallest absolute Gasteiger partial charge is 0.165 e. The van der Waals surface area contributed by atoms with E-state index < -0.39 is 5.60 Å². The number of fused-ring (bicyclic) bond motifs is 1. The summed E-state index contributed by atoms with van der Waals surface area (Å²) in [5.74, 6) is 1.13. The maximum Gasteiger partial charge on any atom is 0.165 e. The Hall–Kier alpha value is -0.410. The molecule has 1 heterocycles. The molecule has 110 valence electrons. The number of ketones is 1. The lowest BCUT2D eigenvalue weighted by Crippen LogP contribution is -2.48. The lowest BCUT2D eigenvalue weighted by atomic mass is 9.78. The van der Waals surface area contributed by atoms with E-state index in [0.29, 0.717) is 6.42 Å². The highest BCUT2D eigenvalue weighted by molar-refractivity contribution is 5.86. The van der Waals surface area contributed by atoms with Crippen molar-refractivity contribution >= 4 is 5.78 Å². The van der Waals surface area contributed by atoms with Crippen molar-refractivity contribution in [2.45, 2.75) is 70.4 Å². The maximum absolute atomic E-state index is 12.1. The van der Waals surface area contributed by atoms with E-state index in [9.17, 15) is 4.79 Å². The van der Waals surface area contributed by atoms with Gasteiger partial charge in [0.15, 0.2) is 5.78 Å². The maximum atomic E-state index is 12.1. The highest BCUT2D eigenvalue weighted by Gasteiger charge is 2.34. The number of hydrogen-bond acceptors (Lipinski definition) is 3. The highest BCUT2D eigenvalue weighted by Crippen LogP contribution is 2.35. The summed E-state index contributed by atoms with van der Waals surface area (Å²) in [7, 11) is 1.62. The van der Waals surface area contributed by atoms with Gasteiger partial charge >= 0.3 is 0 Å². The summed E-state index contributed by atoms with van der Waals surface area (Å²) in [4.78, 5) is 14.7. The molecule has 2 aliphatic rings. The van der Waals surface area contributed by atoms with Gasteiger partial charge in [-0.25, -0.2) is 0 Å². The minimum Gasteiger partial charge on any atom is -0.371 e. The average molecular weight is 267 g/mol. The molecule has 1 aliphatic heterocycles. The third-order valence-corrected chi connectivity index (χ3v) is 5.17. The summed E-state index contributed by atoms with van der Waals surface area (Å²) in [6.45, 7) is 5.85. The molecule has 1 aliphatic carbocycles. The Bertz CT molecular complexity index is 312. The molecule has 1 saturated heterocycles. The van der Waals surface area contributed by atoms with Gasteiger partial charge in [0.05, 0.1) is 0 Å². The van der Waals surface area contributed by atoms with Crippen LogP contribution < -0.4 is 0 Å². The first-order valence-corrected chi connectivity index (χ1v) is 7.87. The summed E-state index contributed by atoms with van der Waals surface area (Å²) >= 11 is 0. The van der Waals surface area contributed by atoms with Crippen LogP contribution in [0.1, 0.15) is 58.8 Å². The van der Waals surface area contributed by atoms with E-state index in [1.807, 2.05) is 13.8 Å². The van der Waals surface area contributed by atoms with Crippen molar-refractivity contribution < 1.29 is 9.53 Å². The molecule has 19 heavy (non-hydrogen) atoms.